The van der Waals surface area contributed by atoms with Crippen molar-refractivity contribution in [1.82, 2.24) is 4.90 Å². The van der Waals surface area contributed by atoms with Crippen molar-refractivity contribution in [2.24, 2.45) is 5.16 Å². The van der Waals surface area contributed by atoms with E-state index in [0.29, 0.717) is 36.6 Å². The predicted octanol–water partition coefficient (Wildman–Crippen LogP) is 4.65. The fourth-order valence-electron chi connectivity index (χ4n) is 3.40. The van der Waals surface area contributed by atoms with Crippen molar-refractivity contribution in [1.29, 1.82) is 0 Å². The van der Waals surface area contributed by atoms with Gasteiger partial charge in [0.1, 0.15) is 11.9 Å². The average molecular weight is 449 g/mol. The van der Waals surface area contributed by atoms with Crippen LogP contribution in [0.3, 0.4) is 0 Å². The number of hydrogen-bond acceptors (Lipinski definition) is 5. The number of aliphatic hydroxyl groups excluding tert-OH is 1. The van der Waals surface area contributed by atoms with Gasteiger partial charge in [-0.1, -0.05) is 47.1 Å². The molecule has 7 heteroatoms. The molecule has 1 aliphatic heterocycles. The predicted molar refractivity (Wildman–Crippen MR) is 121 cm³/mol. The molecule has 0 unspecified atom stereocenters. The van der Waals surface area contributed by atoms with Gasteiger partial charge in [-0.25, -0.2) is 4.39 Å². The van der Waals surface area contributed by atoms with E-state index in [-0.39, 0.29) is 24.1 Å². The van der Waals surface area contributed by atoms with E-state index in [1.165, 1.54) is 6.07 Å². The van der Waals surface area contributed by atoms with Crippen LogP contribution < -0.4 is 0 Å². The first-order chi connectivity index (χ1) is 14.7. The highest BCUT2D eigenvalue weighted by Crippen LogP contribution is 2.21. The van der Waals surface area contributed by atoms with Crippen LogP contribution in [-0.2, 0) is 16.1 Å². The molecule has 0 fully saturated rings. The molecule has 5 nitrogen and oxygen atoms in total. The smallest absolute Gasteiger partial charge is 0.145 e. The number of halogens is 2. The van der Waals surface area contributed by atoms with E-state index < -0.39 is 6.10 Å². The third-order valence-corrected chi connectivity index (χ3v) is 5.15. The summed E-state index contributed by atoms with van der Waals surface area (Å²) in [7, 11) is 0. The lowest BCUT2D eigenvalue weighted by atomic mass is 10.0. The zero-order valence-electron chi connectivity index (χ0n) is 18.2. The second-order valence-corrected chi connectivity index (χ2v) is 9.28. The van der Waals surface area contributed by atoms with Gasteiger partial charge in [0.2, 0.25) is 0 Å². The van der Waals surface area contributed by atoms with Gasteiger partial charge in [0.15, 0.2) is 0 Å². The van der Waals surface area contributed by atoms with Gasteiger partial charge < -0.3 is 14.7 Å². The van der Waals surface area contributed by atoms with E-state index in [1.54, 1.807) is 12.1 Å². The normalized spacial score (nSPS) is 17.5. The number of rotatable bonds is 9. The van der Waals surface area contributed by atoms with Crippen molar-refractivity contribution < 1.29 is 19.1 Å². The van der Waals surface area contributed by atoms with Crippen molar-refractivity contribution >= 4 is 17.3 Å². The maximum absolute atomic E-state index is 14.2. The lowest BCUT2D eigenvalue weighted by molar-refractivity contribution is -0.0601. The first-order valence-corrected chi connectivity index (χ1v) is 10.8. The first-order valence-electron chi connectivity index (χ1n) is 10.5. The zero-order valence-corrected chi connectivity index (χ0v) is 19.0. The number of nitrogens with zero attached hydrogens (tertiary/aromatic N) is 2. The van der Waals surface area contributed by atoms with E-state index >= 15 is 0 Å². The zero-order chi connectivity index (χ0) is 22.4. The molecule has 0 saturated heterocycles. The number of benzene rings is 2. The Labute approximate surface area is 188 Å². The summed E-state index contributed by atoms with van der Waals surface area (Å²) in [6, 6.07) is 14.2. The molecule has 1 aliphatic rings. The van der Waals surface area contributed by atoms with E-state index in [2.05, 4.69) is 5.16 Å². The topological polar surface area (TPSA) is 54.3 Å². The molecule has 2 aromatic rings. The van der Waals surface area contributed by atoms with Crippen molar-refractivity contribution in [2.75, 3.05) is 19.7 Å². The summed E-state index contributed by atoms with van der Waals surface area (Å²) in [5.74, 6) is -0.265. The Kier molecular flexibility index (Phi) is 8.06. The third kappa shape index (κ3) is 7.58. The highest BCUT2D eigenvalue weighted by molar-refractivity contribution is 6.30. The second-order valence-electron chi connectivity index (χ2n) is 8.84. The molecule has 1 N–H and O–H groups in total. The van der Waals surface area contributed by atoms with Gasteiger partial charge in [-0.3, -0.25) is 4.90 Å². The van der Waals surface area contributed by atoms with Gasteiger partial charge in [-0.15, -0.1) is 0 Å². The third-order valence-electron chi connectivity index (χ3n) is 4.90. The minimum atomic E-state index is -0.705. The van der Waals surface area contributed by atoms with E-state index in [0.717, 1.165) is 11.3 Å². The summed E-state index contributed by atoms with van der Waals surface area (Å²) in [4.78, 5) is 7.64. The van der Waals surface area contributed by atoms with Crippen LogP contribution in [0.2, 0.25) is 5.02 Å². The molecule has 2 atom stereocenters. The highest BCUT2D eigenvalue weighted by atomic mass is 35.5. The van der Waals surface area contributed by atoms with Gasteiger partial charge in [0.25, 0.3) is 0 Å². The monoisotopic (exact) mass is 448 g/mol. The minimum absolute atomic E-state index is 0.187. The van der Waals surface area contributed by atoms with Crippen molar-refractivity contribution in [3.05, 3.63) is 70.5 Å². The first kappa shape index (κ1) is 23.7. The number of oxime groups is 1. The summed E-state index contributed by atoms with van der Waals surface area (Å²) in [6.45, 7) is 7.23. The Balaban J connectivity index is 1.63. The molecule has 0 bridgehead atoms. The van der Waals surface area contributed by atoms with Gasteiger partial charge >= 0.3 is 0 Å². The van der Waals surface area contributed by atoms with Crippen LogP contribution in [0.1, 0.15) is 38.3 Å². The summed E-state index contributed by atoms with van der Waals surface area (Å²) >= 11 is 5.97. The molecule has 0 radical (unpaired) electrons. The van der Waals surface area contributed by atoms with Crippen LogP contribution in [-0.4, -0.2) is 53.2 Å². The molecule has 0 spiro atoms. The second kappa shape index (κ2) is 10.6. The van der Waals surface area contributed by atoms with Crippen LogP contribution in [0.4, 0.5) is 4.39 Å². The summed E-state index contributed by atoms with van der Waals surface area (Å²) < 4.78 is 19.9. The van der Waals surface area contributed by atoms with Crippen LogP contribution in [0.5, 0.6) is 0 Å². The molecule has 0 amide bonds. The molecule has 0 aliphatic carbocycles. The summed E-state index contributed by atoms with van der Waals surface area (Å²) in [6.07, 6.45) is -0.262. The largest absolute Gasteiger partial charge is 0.390 e. The van der Waals surface area contributed by atoms with Crippen LogP contribution >= 0.6 is 11.6 Å². The lowest BCUT2D eigenvalue weighted by Gasteiger charge is -2.28. The molecule has 3 rings (SSSR count). The summed E-state index contributed by atoms with van der Waals surface area (Å²) in [5.41, 5.74) is 2.05. The molecule has 0 saturated carbocycles. The van der Waals surface area contributed by atoms with Crippen LogP contribution in [0, 0.1) is 5.82 Å². The van der Waals surface area contributed by atoms with Crippen molar-refractivity contribution in [3.8, 4) is 0 Å². The minimum Gasteiger partial charge on any atom is -0.390 e. The van der Waals surface area contributed by atoms with Gasteiger partial charge in [-0.05, 0) is 44.5 Å². The summed E-state index contributed by atoms with van der Waals surface area (Å²) in [5, 5.41) is 15.4. The van der Waals surface area contributed by atoms with Gasteiger partial charge in [0.05, 0.1) is 24.0 Å². The van der Waals surface area contributed by atoms with Gasteiger partial charge in [0, 0.05) is 36.6 Å². The highest BCUT2D eigenvalue weighted by Gasteiger charge is 2.26. The molecular weight excluding hydrogens is 419 g/mol. The molecule has 1 heterocycles. The van der Waals surface area contributed by atoms with Crippen LogP contribution in [0.15, 0.2) is 53.7 Å². The number of ether oxygens (including phenoxy) is 1. The maximum atomic E-state index is 14.2. The van der Waals surface area contributed by atoms with Crippen molar-refractivity contribution in [2.45, 2.75) is 51.5 Å². The number of aliphatic hydroxyl groups is 1. The molecular formula is C24H30ClFN2O3. The Morgan fingerprint density at radius 1 is 1.23 bits per heavy atom. The lowest BCUT2D eigenvalue weighted by Crippen LogP contribution is -2.40. The van der Waals surface area contributed by atoms with E-state index in [9.17, 15) is 9.50 Å². The quantitative estimate of drug-likeness (QED) is 0.606. The molecule has 168 valence electrons. The maximum Gasteiger partial charge on any atom is 0.145 e. The fourth-order valence-corrected chi connectivity index (χ4v) is 3.52. The average Bonchev–Trinajstić information content (AvgIpc) is 3.16. The molecule has 2 aromatic carbocycles. The Morgan fingerprint density at radius 3 is 2.61 bits per heavy atom. The SMILES string of the molecule is CC(C)(C)OC[C@@H](O)CN(Cc1ccccc1F)C[C@H]1CC(c2ccc(Cl)cc2)=NO1. The number of hydrogen-bond donors (Lipinski definition) is 1. The van der Waals surface area contributed by atoms with Crippen LogP contribution in [0.25, 0.3) is 0 Å². The van der Waals surface area contributed by atoms with Gasteiger partial charge in [-0.2, -0.15) is 0 Å². The van der Waals surface area contributed by atoms with E-state index in [1.807, 2.05) is 56.0 Å². The molecule has 31 heavy (non-hydrogen) atoms. The fraction of sp³-hybridized carbons (Fsp3) is 0.458. The molecule has 0 aromatic heterocycles. The Bertz CT molecular complexity index is 883. The van der Waals surface area contributed by atoms with E-state index in [4.69, 9.17) is 21.2 Å². The Morgan fingerprint density at radius 2 is 1.94 bits per heavy atom. The van der Waals surface area contributed by atoms with Crippen molar-refractivity contribution in [3.63, 3.8) is 0 Å². The Hall–Kier alpha value is -1.99. The standard InChI is InChI=1S/C24H30ClFN2O3/c1-24(2,3)30-16-20(29)14-28(13-18-6-4-5-7-22(18)26)15-21-12-23(27-31-21)17-8-10-19(25)11-9-17/h4-11,20-21,29H,12-16H2,1-3H3/t20-,21+/m0/s1.